The van der Waals surface area contributed by atoms with E-state index in [2.05, 4.69) is 48.0 Å². The highest BCUT2D eigenvalue weighted by molar-refractivity contribution is 7.07. The molecular weight excluding hydrogens is 176 g/mol. The molecule has 0 spiro atoms. The van der Waals surface area contributed by atoms with Crippen molar-refractivity contribution >= 4 is 11.3 Å². The summed E-state index contributed by atoms with van der Waals surface area (Å²) in [6, 6.07) is 10.8. The molecule has 2 aromatic rings. The predicted octanol–water partition coefficient (Wildman–Crippen LogP) is 3.78. The first-order valence-corrected chi connectivity index (χ1v) is 5.32. The maximum atomic E-state index is 3.23. The Bertz CT molecular complexity index is 357. The summed E-state index contributed by atoms with van der Waals surface area (Å²) in [6.45, 7) is 2.17. The van der Waals surface area contributed by atoms with Gasteiger partial charge in [0.15, 0.2) is 0 Å². The quantitative estimate of drug-likeness (QED) is 0.671. The van der Waals surface area contributed by atoms with Gasteiger partial charge in [-0.3, -0.25) is 0 Å². The summed E-state index contributed by atoms with van der Waals surface area (Å²) in [4.78, 5) is 0. The number of benzene rings is 1. The molecule has 0 atom stereocenters. The molecular formula is C12H11S. The van der Waals surface area contributed by atoms with E-state index in [0.29, 0.717) is 0 Å². The van der Waals surface area contributed by atoms with Gasteiger partial charge in [-0.2, -0.15) is 0 Å². The van der Waals surface area contributed by atoms with Crippen LogP contribution in [0, 0.1) is 5.38 Å². The van der Waals surface area contributed by atoms with Crippen LogP contribution in [-0.2, 0) is 6.42 Å². The lowest BCUT2D eigenvalue weighted by molar-refractivity contribution is 1.14. The molecule has 0 amide bonds. The van der Waals surface area contributed by atoms with Crippen molar-refractivity contribution in [2.75, 3.05) is 0 Å². The Morgan fingerprint density at radius 2 is 1.92 bits per heavy atom. The predicted molar refractivity (Wildman–Crippen MR) is 58.0 cm³/mol. The van der Waals surface area contributed by atoms with Gasteiger partial charge in [0.25, 0.3) is 0 Å². The molecule has 0 nitrogen and oxygen atoms in total. The Kier molecular flexibility index (Phi) is 2.46. The monoisotopic (exact) mass is 187 g/mol. The van der Waals surface area contributed by atoms with Gasteiger partial charge in [0.05, 0.1) is 5.38 Å². The molecule has 1 aromatic heterocycles. The first-order chi connectivity index (χ1) is 6.40. The third kappa shape index (κ3) is 1.81. The Balaban J connectivity index is 2.33. The molecule has 0 saturated carbocycles. The molecule has 1 radical (unpaired) electrons. The number of hydrogen-bond acceptors (Lipinski definition) is 1. The van der Waals surface area contributed by atoms with Gasteiger partial charge in [0.2, 0.25) is 0 Å². The summed E-state index contributed by atoms with van der Waals surface area (Å²) in [5, 5.41) is 5.29. The second-order valence-corrected chi connectivity index (χ2v) is 3.70. The molecule has 0 bridgehead atoms. The van der Waals surface area contributed by atoms with Crippen molar-refractivity contribution in [2.45, 2.75) is 13.3 Å². The molecule has 1 aromatic carbocycles. The molecule has 1 heteroatoms. The minimum Gasteiger partial charge on any atom is -0.142 e. The van der Waals surface area contributed by atoms with Gasteiger partial charge in [-0.25, -0.2) is 0 Å². The summed E-state index contributed by atoms with van der Waals surface area (Å²) in [5.41, 5.74) is 3.85. The van der Waals surface area contributed by atoms with Crippen LogP contribution in [0.5, 0.6) is 0 Å². The van der Waals surface area contributed by atoms with Gasteiger partial charge in [-0.1, -0.05) is 31.2 Å². The highest BCUT2D eigenvalue weighted by Crippen LogP contribution is 2.21. The molecule has 0 fully saturated rings. The van der Waals surface area contributed by atoms with Crippen molar-refractivity contribution in [3.05, 3.63) is 46.7 Å². The van der Waals surface area contributed by atoms with Gasteiger partial charge in [0.1, 0.15) is 0 Å². The van der Waals surface area contributed by atoms with E-state index < -0.39 is 0 Å². The second kappa shape index (κ2) is 3.75. The molecule has 0 aliphatic carbocycles. The zero-order valence-electron chi connectivity index (χ0n) is 7.58. The first kappa shape index (κ1) is 8.52. The fraction of sp³-hybridized carbons (Fsp3) is 0.167. The maximum Gasteiger partial charge on any atom is 0.0527 e. The van der Waals surface area contributed by atoms with Crippen LogP contribution in [0.15, 0.2) is 35.7 Å². The summed E-state index contributed by atoms with van der Waals surface area (Å²) >= 11 is 1.62. The number of rotatable bonds is 2. The highest BCUT2D eigenvalue weighted by Gasteiger charge is 1.97. The van der Waals surface area contributed by atoms with E-state index in [-0.39, 0.29) is 0 Å². The van der Waals surface area contributed by atoms with Crippen molar-refractivity contribution in [3.8, 4) is 11.1 Å². The Labute approximate surface area is 82.9 Å². The van der Waals surface area contributed by atoms with E-state index in [1.807, 2.05) is 0 Å². The van der Waals surface area contributed by atoms with Crippen LogP contribution in [0.1, 0.15) is 12.5 Å². The zero-order valence-corrected chi connectivity index (χ0v) is 8.40. The van der Waals surface area contributed by atoms with E-state index >= 15 is 0 Å². The molecule has 0 unspecified atom stereocenters. The average molecular weight is 187 g/mol. The van der Waals surface area contributed by atoms with Crippen molar-refractivity contribution in [3.63, 3.8) is 0 Å². The first-order valence-electron chi connectivity index (χ1n) is 4.44. The van der Waals surface area contributed by atoms with Crippen LogP contribution in [0.3, 0.4) is 0 Å². The smallest absolute Gasteiger partial charge is 0.0527 e. The summed E-state index contributed by atoms with van der Waals surface area (Å²) in [6.07, 6.45) is 1.10. The largest absolute Gasteiger partial charge is 0.142 e. The zero-order chi connectivity index (χ0) is 9.10. The van der Waals surface area contributed by atoms with Crippen LogP contribution in [-0.4, -0.2) is 0 Å². The lowest BCUT2D eigenvalue weighted by Gasteiger charge is -1.99. The van der Waals surface area contributed by atoms with Crippen LogP contribution in [0.4, 0.5) is 0 Å². The van der Waals surface area contributed by atoms with Gasteiger partial charge in [-0.05, 0) is 29.0 Å². The Hall–Kier alpha value is -1.08. The van der Waals surface area contributed by atoms with Crippen LogP contribution in [0.2, 0.25) is 0 Å². The summed E-state index contributed by atoms with van der Waals surface area (Å²) in [7, 11) is 0. The molecule has 0 saturated heterocycles. The third-order valence-electron chi connectivity index (χ3n) is 2.14. The van der Waals surface area contributed by atoms with Gasteiger partial charge in [0, 0.05) is 5.56 Å². The number of aryl methyl sites for hydroxylation is 1. The fourth-order valence-corrected chi connectivity index (χ4v) is 1.89. The van der Waals surface area contributed by atoms with Crippen LogP contribution >= 0.6 is 11.3 Å². The van der Waals surface area contributed by atoms with Crippen molar-refractivity contribution < 1.29 is 0 Å². The number of thiophene rings is 1. The molecule has 13 heavy (non-hydrogen) atoms. The second-order valence-electron chi connectivity index (χ2n) is 2.99. The van der Waals surface area contributed by atoms with Gasteiger partial charge >= 0.3 is 0 Å². The minimum atomic E-state index is 1.10. The molecule has 0 aliphatic rings. The molecule has 2 rings (SSSR count). The van der Waals surface area contributed by atoms with E-state index in [4.69, 9.17) is 0 Å². The highest BCUT2D eigenvalue weighted by atomic mass is 32.1. The summed E-state index contributed by atoms with van der Waals surface area (Å²) < 4.78 is 0. The van der Waals surface area contributed by atoms with E-state index in [1.165, 1.54) is 16.7 Å². The standard InChI is InChI=1S/C12H11S/c1-2-10-3-5-11(6-4-10)12-7-8-13-9-12/h3-8H,2H2,1H3. The lowest BCUT2D eigenvalue weighted by atomic mass is 10.1. The molecule has 1 heterocycles. The van der Waals surface area contributed by atoms with E-state index in [0.717, 1.165) is 6.42 Å². The lowest BCUT2D eigenvalue weighted by Crippen LogP contribution is -1.79. The SMILES string of the molecule is CCc1ccc(-c2[c]scc2)cc1. The summed E-state index contributed by atoms with van der Waals surface area (Å²) in [5.74, 6) is 0. The van der Waals surface area contributed by atoms with Crippen LogP contribution in [0.25, 0.3) is 11.1 Å². The van der Waals surface area contributed by atoms with Crippen molar-refractivity contribution in [1.29, 1.82) is 0 Å². The van der Waals surface area contributed by atoms with Crippen molar-refractivity contribution in [1.82, 2.24) is 0 Å². The fourth-order valence-electron chi connectivity index (χ4n) is 1.31. The topological polar surface area (TPSA) is 0 Å². The van der Waals surface area contributed by atoms with Crippen LogP contribution < -0.4 is 0 Å². The Morgan fingerprint density at radius 3 is 2.46 bits per heavy atom. The molecule has 0 N–H and O–H groups in total. The molecule has 65 valence electrons. The average Bonchev–Trinajstić information content (AvgIpc) is 2.71. The van der Waals surface area contributed by atoms with Gasteiger partial charge in [-0.15, -0.1) is 11.3 Å². The molecule has 0 aliphatic heterocycles. The third-order valence-corrected chi connectivity index (χ3v) is 2.75. The van der Waals surface area contributed by atoms with E-state index in [9.17, 15) is 0 Å². The number of hydrogen-bond donors (Lipinski definition) is 0. The normalized spacial score (nSPS) is 10.2. The maximum absolute atomic E-state index is 3.23. The van der Waals surface area contributed by atoms with Gasteiger partial charge < -0.3 is 0 Å². The van der Waals surface area contributed by atoms with E-state index in [1.54, 1.807) is 11.3 Å². The minimum absolute atomic E-state index is 1.10. The van der Waals surface area contributed by atoms with Crippen molar-refractivity contribution in [2.24, 2.45) is 0 Å². The Morgan fingerprint density at radius 1 is 1.15 bits per heavy atom.